The van der Waals surface area contributed by atoms with Crippen LogP contribution >= 0.6 is 0 Å². The average Bonchev–Trinajstić information content (AvgIpc) is 2.71. The van der Waals surface area contributed by atoms with E-state index >= 15 is 0 Å². The molecule has 0 aliphatic rings. The molecule has 3 rings (SSSR count). The summed E-state index contributed by atoms with van der Waals surface area (Å²) in [5, 5.41) is 0.683. The van der Waals surface area contributed by atoms with Gasteiger partial charge in [0.1, 0.15) is 5.58 Å². The van der Waals surface area contributed by atoms with Crippen molar-refractivity contribution >= 4 is 19.5 Å². The third-order valence-corrected chi connectivity index (χ3v) is 6.65. The van der Waals surface area contributed by atoms with Crippen LogP contribution in [0.3, 0.4) is 0 Å². The van der Waals surface area contributed by atoms with Crippen LogP contribution in [0.4, 0.5) is 0 Å². The first-order valence-electron chi connectivity index (χ1n) is 10.9. The van der Waals surface area contributed by atoms with Gasteiger partial charge in [-0.15, -0.1) is 0 Å². The molecule has 31 heavy (non-hydrogen) atoms. The SMILES string of the molecule is CCc1ccc(C)cc1-c1cc2c(OCCCCCC[Si](C)(O)O)nccc2oc1=O. The number of ether oxygens (including phenoxy) is 1. The Bertz CT molecular complexity index is 1090. The van der Waals surface area contributed by atoms with Gasteiger partial charge in [-0.2, -0.15) is 0 Å². The van der Waals surface area contributed by atoms with Gasteiger partial charge < -0.3 is 18.7 Å². The van der Waals surface area contributed by atoms with E-state index < -0.39 is 8.56 Å². The number of fused-ring (bicyclic) bond motifs is 1. The highest BCUT2D eigenvalue weighted by atomic mass is 28.4. The van der Waals surface area contributed by atoms with Crippen molar-refractivity contribution in [2.45, 2.75) is 58.5 Å². The zero-order chi connectivity index (χ0) is 22.4. The van der Waals surface area contributed by atoms with E-state index in [1.54, 1.807) is 12.3 Å². The van der Waals surface area contributed by atoms with Crippen LogP contribution in [0.25, 0.3) is 22.1 Å². The molecule has 0 saturated carbocycles. The third kappa shape index (κ3) is 6.26. The van der Waals surface area contributed by atoms with Crippen molar-refractivity contribution in [2.75, 3.05) is 6.61 Å². The van der Waals surface area contributed by atoms with Crippen molar-refractivity contribution in [2.24, 2.45) is 0 Å². The zero-order valence-corrected chi connectivity index (χ0v) is 19.5. The smallest absolute Gasteiger partial charge is 0.344 e. The molecule has 0 unspecified atom stereocenters. The molecule has 2 aromatic heterocycles. The molecule has 0 amide bonds. The first-order chi connectivity index (χ1) is 14.8. The largest absolute Gasteiger partial charge is 0.477 e. The fourth-order valence-corrected chi connectivity index (χ4v) is 4.57. The summed E-state index contributed by atoms with van der Waals surface area (Å²) >= 11 is 0. The van der Waals surface area contributed by atoms with E-state index in [1.807, 2.05) is 31.2 Å². The normalized spacial score (nSPS) is 11.8. The molecule has 3 aromatic rings. The second-order valence-corrected chi connectivity index (χ2v) is 11.2. The molecular weight excluding hydrogens is 410 g/mol. The number of aryl methyl sites for hydroxylation is 2. The number of hydrogen-bond donors (Lipinski definition) is 2. The van der Waals surface area contributed by atoms with Crippen LogP contribution in [-0.2, 0) is 6.42 Å². The van der Waals surface area contributed by atoms with E-state index in [-0.39, 0.29) is 5.63 Å². The summed E-state index contributed by atoms with van der Waals surface area (Å²) in [6.07, 6.45) is 5.93. The monoisotopic (exact) mass is 441 g/mol. The van der Waals surface area contributed by atoms with Crippen molar-refractivity contribution in [3.05, 3.63) is 58.1 Å². The Kier molecular flexibility index (Phi) is 7.64. The fourth-order valence-electron chi connectivity index (χ4n) is 3.65. The molecule has 6 nitrogen and oxygen atoms in total. The maximum atomic E-state index is 12.7. The van der Waals surface area contributed by atoms with Crippen molar-refractivity contribution in [1.29, 1.82) is 0 Å². The summed E-state index contributed by atoms with van der Waals surface area (Å²) in [5.41, 5.74) is 3.67. The van der Waals surface area contributed by atoms with Crippen LogP contribution < -0.4 is 10.4 Å². The van der Waals surface area contributed by atoms with E-state index in [4.69, 9.17) is 9.15 Å². The minimum absolute atomic E-state index is 0.367. The molecule has 0 spiro atoms. The van der Waals surface area contributed by atoms with Crippen LogP contribution in [0, 0.1) is 6.92 Å². The van der Waals surface area contributed by atoms with Gasteiger partial charge in [0, 0.05) is 12.3 Å². The highest BCUT2D eigenvalue weighted by molar-refractivity contribution is 6.63. The predicted octanol–water partition coefficient (Wildman–Crippen LogP) is 4.72. The van der Waals surface area contributed by atoms with Gasteiger partial charge >= 0.3 is 14.2 Å². The number of rotatable bonds is 10. The lowest BCUT2D eigenvalue weighted by Crippen LogP contribution is -2.29. The lowest BCUT2D eigenvalue weighted by atomic mass is 9.97. The number of aromatic nitrogens is 1. The third-order valence-electron chi connectivity index (χ3n) is 5.34. The summed E-state index contributed by atoms with van der Waals surface area (Å²) in [5.74, 6) is 0.457. The van der Waals surface area contributed by atoms with Crippen LogP contribution in [0.15, 0.2) is 45.7 Å². The summed E-state index contributed by atoms with van der Waals surface area (Å²) in [4.78, 5) is 36.0. The van der Waals surface area contributed by atoms with Crippen molar-refractivity contribution < 1.29 is 18.7 Å². The van der Waals surface area contributed by atoms with Gasteiger partial charge in [-0.25, -0.2) is 9.78 Å². The molecule has 0 aliphatic carbocycles. The van der Waals surface area contributed by atoms with Crippen molar-refractivity contribution in [3.63, 3.8) is 0 Å². The minimum Gasteiger partial charge on any atom is -0.477 e. The number of hydrogen-bond acceptors (Lipinski definition) is 6. The molecule has 166 valence electrons. The molecule has 2 heterocycles. The van der Waals surface area contributed by atoms with E-state index in [2.05, 4.69) is 11.9 Å². The van der Waals surface area contributed by atoms with E-state index in [0.717, 1.165) is 48.8 Å². The van der Waals surface area contributed by atoms with E-state index in [0.29, 0.717) is 35.1 Å². The van der Waals surface area contributed by atoms with Crippen molar-refractivity contribution in [3.8, 4) is 17.0 Å². The fraction of sp³-hybridized carbons (Fsp3) is 0.417. The number of pyridine rings is 1. The summed E-state index contributed by atoms with van der Waals surface area (Å²) < 4.78 is 11.5. The summed E-state index contributed by atoms with van der Waals surface area (Å²) in [7, 11) is -2.93. The van der Waals surface area contributed by atoms with Gasteiger partial charge in [0.15, 0.2) is 0 Å². The van der Waals surface area contributed by atoms with E-state index in [1.165, 1.54) is 6.55 Å². The highest BCUT2D eigenvalue weighted by Gasteiger charge is 2.19. The van der Waals surface area contributed by atoms with Gasteiger partial charge in [0.05, 0.1) is 17.6 Å². The first-order valence-corrected chi connectivity index (χ1v) is 13.5. The van der Waals surface area contributed by atoms with E-state index in [9.17, 15) is 14.4 Å². The average molecular weight is 442 g/mol. The molecule has 7 heteroatoms. The Morgan fingerprint density at radius 1 is 1.06 bits per heavy atom. The van der Waals surface area contributed by atoms with Gasteiger partial charge in [0.2, 0.25) is 5.88 Å². The Morgan fingerprint density at radius 2 is 1.84 bits per heavy atom. The quantitative estimate of drug-likeness (QED) is 0.349. The maximum absolute atomic E-state index is 12.7. The molecule has 0 atom stereocenters. The molecule has 0 saturated heterocycles. The summed E-state index contributed by atoms with van der Waals surface area (Å²) in [6, 6.07) is 10.1. The lowest BCUT2D eigenvalue weighted by Gasteiger charge is -2.12. The molecule has 1 aromatic carbocycles. The van der Waals surface area contributed by atoms with Crippen LogP contribution in [0.5, 0.6) is 5.88 Å². The minimum atomic E-state index is -2.93. The van der Waals surface area contributed by atoms with Gasteiger partial charge in [-0.05, 0) is 49.5 Å². The molecule has 0 aliphatic heterocycles. The Balaban J connectivity index is 1.76. The molecule has 0 bridgehead atoms. The second kappa shape index (κ2) is 10.2. The number of benzene rings is 1. The van der Waals surface area contributed by atoms with Crippen molar-refractivity contribution in [1.82, 2.24) is 4.98 Å². The van der Waals surface area contributed by atoms with Crippen LogP contribution in [0.2, 0.25) is 12.6 Å². The Morgan fingerprint density at radius 3 is 2.58 bits per heavy atom. The van der Waals surface area contributed by atoms with Gasteiger partial charge in [-0.1, -0.05) is 49.9 Å². The zero-order valence-electron chi connectivity index (χ0n) is 18.5. The predicted molar refractivity (Wildman–Crippen MR) is 125 cm³/mol. The second-order valence-electron chi connectivity index (χ2n) is 8.22. The molecule has 2 N–H and O–H groups in total. The standard InChI is InChI=1S/C24H31NO5Si/c1-4-18-10-9-17(2)15-19(18)20-16-21-22(30-24(20)26)11-12-25-23(21)29-13-7-5-6-8-14-31(3,27)28/h9-12,15-16,27-28H,4-8,13-14H2,1-3H3. The molecule has 0 radical (unpaired) electrons. The van der Waals surface area contributed by atoms with Crippen LogP contribution in [0.1, 0.15) is 43.7 Å². The lowest BCUT2D eigenvalue weighted by molar-refractivity contribution is 0.296. The molecular formula is C24H31NO5Si. The number of nitrogens with zero attached hydrogens (tertiary/aromatic N) is 1. The topological polar surface area (TPSA) is 92.8 Å². The number of unbranched alkanes of at least 4 members (excludes halogenated alkanes) is 3. The molecule has 0 fully saturated rings. The first kappa shape index (κ1) is 23.2. The Labute approximate surface area is 183 Å². The van der Waals surface area contributed by atoms with Gasteiger partial charge in [0.25, 0.3) is 0 Å². The van der Waals surface area contributed by atoms with Crippen LogP contribution in [-0.4, -0.2) is 29.7 Å². The Hall–Kier alpha value is -2.48. The van der Waals surface area contributed by atoms with Gasteiger partial charge in [-0.3, -0.25) is 0 Å². The highest BCUT2D eigenvalue weighted by Crippen LogP contribution is 2.29. The summed E-state index contributed by atoms with van der Waals surface area (Å²) in [6.45, 7) is 6.11. The maximum Gasteiger partial charge on any atom is 0.344 e.